The zero-order valence-electron chi connectivity index (χ0n) is 24.3. The van der Waals surface area contributed by atoms with Crippen molar-refractivity contribution in [1.29, 1.82) is 0 Å². The van der Waals surface area contributed by atoms with Gasteiger partial charge in [0.1, 0.15) is 22.6 Å². The van der Waals surface area contributed by atoms with Gasteiger partial charge in [-0.2, -0.15) is 5.10 Å². The molecule has 224 valence electrons. The number of nitrogens with one attached hydrogen (secondary N) is 1. The fourth-order valence-corrected chi connectivity index (χ4v) is 7.43. The average Bonchev–Trinajstić information content (AvgIpc) is 3.69. The van der Waals surface area contributed by atoms with Crippen molar-refractivity contribution in [2.45, 2.75) is 63.8 Å². The fraction of sp³-hybridized carbons (Fsp3) is 0.400. The van der Waals surface area contributed by atoms with Crippen LogP contribution in [0.25, 0.3) is 21.7 Å². The first-order valence-corrected chi connectivity index (χ1v) is 17.1. The van der Waals surface area contributed by atoms with Crippen LogP contribution in [0.4, 0.5) is 11.4 Å². The molecule has 43 heavy (non-hydrogen) atoms. The maximum Gasteiger partial charge on any atom is 0.177 e. The number of rotatable bonds is 7. The van der Waals surface area contributed by atoms with E-state index in [1.807, 2.05) is 30.7 Å². The van der Waals surface area contributed by atoms with Gasteiger partial charge in [0.15, 0.2) is 15.5 Å². The number of nitrogens with zero attached hydrogens (tertiary/aromatic N) is 6. The van der Waals surface area contributed by atoms with Crippen LogP contribution >= 0.6 is 11.3 Å². The largest absolute Gasteiger partial charge is 0.373 e. The average molecular weight is 620 g/mol. The quantitative estimate of drug-likeness (QED) is 0.257. The molecule has 0 spiro atoms. The summed E-state index contributed by atoms with van der Waals surface area (Å²) in [6.45, 7) is 6.55. The molecule has 0 radical (unpaired) electrons. The standard InChI is InChI=1S/C30H33N7O4S2/c1-18-16-31-30(42-18)20-7-8-24(26(12-20)43(3,38)39)34-25-15-21(13-22-14-23-17-40-11-9-36(23)35-22)33-29-28(25)32-19(2)37(29)27-6-4-5-10-41-27/h7-8,12,14-16,27H,4-6,9-11,13,17H2,1-3H3,(H,33,34). The summed E-state index contributed by atoms with van der Waals surface area (Å²) in [5.41, 5.74) is 5.99. The number of fused-ring (bicyclic) bond motifs is 2. The van der Waals surface area contributed by atoms with Crippen molar-refractivity contribution in [3.8, 4) is 10.6 Å². The molecule has 0 saturated carbocycles. The van der Waals surface area contributed by atoms with Crippen molar-refractivity contribution in [3.63, 3.8) is 0 Å². The summed E-state index contributed by atoms with van der Waals surface area (Å²) in [5.74, 6) is 0.794. The smallest absolute Gasteiger partial charge is 0.177 e. The second-order valence-electron chi connectivity index (χ2n) is 11.1. The highest BCUT2D eigenvalue weighted by Crippen LogP contribution is 2.36. The van der Waals surface area contributed by atoms with E-state index >= 15 is 0 Å². The summed E-state index contributed by atoms with van der Waals surface area (Å²) in [6, 6.07) is 9.39. The summed E-state index contributed by atoms with van der Waals surface area (Å²) in [7, 11) is -3.58. The molecule has 1 saturated heterocycles. The number of ether oxygens (including phenoxy) is 2. The van der Waals surface area contributed by atoms with Gasteiger partial charge in [0.25, 0.3) is 0 Å². The van der Waals surface area contributed by atoms with Gasteiger partial charge < -0.3 is 14.8 Å². The van der Waals surface area contributed by atoms with Crippen LogP contribution in [0.5, 0.6) is 0 Å². The summed E-state index contributed by atoms with van der Waals surface area (Å²) in [5, 5.41) is 8.99. The lowest BCUT2D eigenvalue weighted by Crippen LogP contribution is -2.19. The lowest BCUT2D eigenvalue weighted by molar-refractivity contribution is -0.0309. The van der Waals surface area contributed by atoms with E-state index in [1.54, 1.807) is 18.3 Å². The topological polar surface area (TPSA) is 126 Å². The van der Waals surface area contributed by atoms with Crippen LogP contribution in [0.1, 0.15) is 53.3 Å². The maximum absolute atomic E-state index is 13.0. The van der Waals surface area contributed by atoms with E-state index < -0.39 is 9.84 Å². The summed E-state index contributed by atoms with van der Waals surface area (Å²) in [4.78, 5) is 15.7. The Hall–Kier alpha value is -3.65. The third-order valence-electron chi connectivity index (χ3n) is 7.81. The van der Waals surface area contributed by atoms with E-state index in [0.29, 0.717) is 48.8 Å². The van der Waals surface area contributed by atoms with E-state index in [0.717, 1.165) is 64.2 Å². The lowest BCUT2D eigenvalue weighted by atomic mass is 10.1. The zero-order valence-corrected chi connectivity index (χ0v) is 26.0. The first kappa shape index (κ1) is 28.1. The first-order valence-electron chi connectivity index (χ1n) is 14.4. The van der Waals surface area contributed by atoms with Crippen LogP contribution in [-0.2, 0) is 38.9 Å². The normalized spacial score (nSPS) is 17.3. The van der Waals surface area contributed by atoms with Crippen molar-refractivity contribution in [2.24, 2.45) is 0 Å². The van der Waals surface area contributed by atoms with Gasteiger partial charge in [-0.3, -0.25) is 9.25 Å². The van der Waals surface area contributed by atoms with E-state index in [1.165, 1.54) is 17.6 Å². The number of pyridine rings is 1. The maximum atomic E-state index is 13.0. The molecule has 7 rings (SSSR count). The van der Waals surface area contributed by atoms with Crippen molar-refractivity contribution in [2.75, 3.05) is 24.8 Å². The van der Waals surface area contributed by atoms with E-state index in [9.17, 15) is 8.42 Å². The Labute approximate surface area is 253 Å². The molecule has 1 aromatic carbocycles. The number of thiazole rings is 1. The van der Waals surface area contributed by atoms with E-state index in [4.69, 9.17) is 24.5 Å². The summed E-state index contributed by atoms with van der Waals surface area (Å²) in [6.07, 6.45) is 6.35. The molecule has 0 bridgehead atoms. The Bertz CT molecular complexity index is 1910. The van der Waals surface area contributed by atoms with Crippen LogP contribution in [0.15, 0.2) is 41.4 Å². The molecule has 2 aliphatic heterocycles. The summed E-state index contributed by atoms with van der Waals surface area (Å²) < 4.78 is 41.9. The predicted octanol–water partition coefficient (Wildman–Crippen LogP) is 5.34. The minimum atomic E-state index is -3.58. The molecular weight excluding hydrogens is 587 g/mol. The van der Waals surface area contributed by atoms with Gasteiger partial charge in [-0.25, -0.2) is 23.4 Å². The second kappa shape index (κ2) is 11.1. The molecule has 6 heterocycles. The number of sulfone groups is 1. The summed E-state index contributed by atoms with van der Waals surface area (Å²) >= 11 is 1.53. The van der Waals surface area contributed by atoms with E-state index in [2.05, 4.69) is 20.9 Å². The van der Waals surface area contributed by atoms with Gasteiger partial charge in [0, 0.05) is 35.9 Å². The van der Waals surface area contributed by atoms with Crippen LogP contribution in [0, 0.1) is 13.8 Å². The molecule has 2 aliphatic rings. The molecule has 1 fully saturated rings. The molecule has 1 atom stereocenters. The van der Waals surface area contributed by atoms with Crippen LogP contribution in [-0.4, -0.2) is 57.2 Å². The van der Waals surface area contributed by atoms with Crippen molar-refractivity contribution < 1.29 is 17.9 Å². The highest BCUT2D eigenvalue weighted by molar-refractivity contribution is 7.90. The Kier molecular flexibility index (Phi) is 7.28. The molecule has 0 amide bonds. The fourth-order valence-electron chi connectivity index (χ4n) is 5.80. The Morgan fingerprint density at radius 2 is 1.95 bits per heavy atom. The van der Waals surface area contributed by atoms with E-state index in [-0.39, 0.29) is 11.1 Å². The van der Waals surface area contributed by atoms with Gasteiger partial charge in [-0.1, -0.05) is 0 Å². The molecule has 1 N–H and O–H groups in total. The third kappa shape index (κ3) is 5.57. The molecule has 5 aromatic rings. The zero-order chi connectivity index (χ0) is 29.7. The van der Waals surface area contributed by atoms with Crippen LogP contribution in [0.3, 0.4) is 0 Å². The van der Waals surface area contributed by atoms with Crippen molar-refractivity contribution in [1.82, 2.24) is 29.3 Å². The lowest BCUT2D eigenvalue weighted by Gasteiger charge is -2.25. The number of anilines is 2. The molecule has 0 aliphatic carbocycles. The van der Waals surface area contributed by atoms with Crippen molar-refractivity contribution >= 4 is 43.7 Å². The number of aryl methyl sites for hydroxylation is 2. The Balaban J connectivity index is 1.34. The minimum absolute atomic E-state index is 0.154. The first-order chi connectivity index (χ1) is 20.7. The highest BCUT2D eigenvalue weighted by Gasteiger charge is 2.25. The number of imidazole rings is 1. The number of aromatic nitrogens is 6. The van der Waals surface area contributed by atoms with Gasteiger partial charge in [-0.15, -0.1) is 11.3 Å². The second-order valence-corrected chi connectivity index (χ2v) is 14.4. The van der Waals surface area contributed by atoms with Crippen molar-refractivity contribution in [3.05, 3.63) is 64.3 Å². The van der Waals surface area contributed by atoms with Crippen LogP contribution < -0.4 is 5.32 Å². The number of hydrogen-bond acceptors (Lipinski definition) is 10. The third-order valence-corrected chi connectivity index (χ3v) is 9.91. The highest BCUT2D eigenvalue weighted by atomic mass is 32.2. The predicted molar refractivity (Wildman–Crippen MR) is 164 cm³/mol. The number of benzene rings is 1. The Morgan fingerprint density at radius 1 is 1.07 bits per heavy atom. The monoisotopic (exact) mass is 619 g/mol. The molecule has 13 heteroatoms. The Morgan fingerprint density at radius 3 is 2.70 bits per heavy atom. The molecule has 4 aromatic heterocycles. The van der Waals surface area contributed by atoms with Gasteiger partial charge in [-0.05, 0) is 63.4 Å². The molecule has 11 nitrogen and oxygen atoms in total. The van der Waals surface area contributed by atoms with Gasteiger partial charge >= 0.3 is 0 Å². The van der Waals surface area contributed by atoms with Gasteiger partial charge in [0.05, 0.1) is 53.1 Å². The molecule has 1 unspecified atom stereocenters. The minimum Gasteiger partial charge on any atom is -0.373 e. The van der Waals surface area contributed by atoms with Gasteiger partial charge in [0.2, 0.25) is 0 Å². The van der Waals surface area contributed by atoms with Crippen LogP contribution in [0.2, 0.25) is 0 Å². The number of hydrogen-bond donors (Lipinski definition) is 1. The molecular formula is C30H33N7O4S2. The SMILES string of the molecule is Cc1cnc(-c2ccc(Nc3cc(Cc4cc5n(n4)CCOC5)nc4c3nc(C)n4C3CCCCO3)c(S(C)(=O)=O)c2)s1.